The Morgan fingerprint density at radius 3 is 2.28 bits per heavy atom. The third-order valence-electron chi connectivity index (χ3n) is 4.93. The van der Waals surface area contributed by atoms with Crippen LogP contribution in [-0.2, 0) is 16.2 Å². The summed E-state index contributed by atoms with van der Waals surface area (Å²) in [7, 11) is -4.04. The first-order valence-corrected chi connectivity index (χ1v) is 11.1. The first kappa shape index (κ1) is 22.0. The fourth-order valence-electron chi connectivity index (χ4n) is 3.27. The Kier molecular flexibility index (Phi) is 5.98. The number of sulfonamides is 1. The zero-order valence-corrected chi connectivity index (χ0v) is 17.5. The van der Waals surface area contributed by atoms with Crippen molar-refractivity contribution in [2.45, 2.75) is 11.1 Å². The molecule has 0 amide bonds. The molecule has 32 heavy (non-hydrogen) atoms. The average molecular weight is 464 g/mol. The molecule has 0 bridgehead atoms. The Bertz CT molecular complexity index is 1170. The van der Waals surface area contributed by atoms with E-state index >= 15 is 0 Å². The van der Waals surface area contributed by atoms with Gasteiger partial charge in [0.2, 0.25) is 10.0 Å². The minimum atomic E-state index is -4.61. The van der Waals surface area contributed by atoms with Gasteiger partial charge >= 0.3 is 6.18 Å². The van der Waals surface area contributed by atoms with Gasteiger partial charge in [0.25, 0.3) is 0 Å². The number of halogens is 3. The molecular weight excluding hydrogens is 445 g/mol. The first-order valence-electron chi connectivity index (χ1n) is 9.68. The van der Waals surface area contributed by atoms with Crippen LogP contribution in [0.1, 0.15) is 5.56 Å². The molecule has 168 valence electrons. The second-order valence-corrected chi connectivity index (χ2v) is 8.97. The number of hydrogen-bond donors (Lipinski definition) is 1. The fraction of sp³-hybridized carbons (Fsp3) is 0.250. The van der Waals surface area contributed by atoms with Crippen LogP contribution in [0.15, 0.2) is 65.7 Å². The second kappa shape index (κ2) is 8.71. The van der Waals surface area contributed by atoms with E-state index in [2.05, 4.69) is 20.5 Å². The maximum absolute atomic E-state index is 13.0. The van der Waals surface area contributed by atoms with E-state index in [-0.39, 0.29) is 18.0 Å². The fourth-order valence-corrected chi connectivity index (χ4v) is 4.74. The van der Waals surface area contributed by atoms with Gasteiger partial charge in [-0.1, -0.05) is 12.1 Å². The molecule has 1 aromatic carbocycles. The summed E-state index contributed by atoms with van der Waals surface area (Å²) in [6, 6.07) is 12.7. The molecule has 12 heteroatoms. The number of piperazine rings is 1. The number of rotatable bonds is 5. The van der Waals surface area contributed by atoms with Gasteiger partial charge in [0.05, 0.1) is 10.5 Å². The van der Waals surface area contributed by atoms with Crippen LogP contribution in [0.3, 0.4) is 0 Å². The number of anilines is 3. The smallest absolute Gasteiger partial charge is 0.352 e. The maximum atomic E-state index is 13.0. The predicted molar refractivity (Wildman–Crippen MR) is 112 cm³/mol. The zero-order valence-electron chi connectivity index (χ0n) is 16.7. The summed E-state index contributed by atoms with van der Waals surface area (Å²) in [5.41, 5.74) is -0.994. The molecule has 3 heterocycles. The van der Waals surface area contributed by atoms with Crippen LogP contribution < -0.4 is 10.2 Å². The highest BCUT2D eigenvalue weighted by molar-refractivity contribution is 7.89. The number of nitrogens with one attached hydrogen (secondary N) is 1. The highest BCUT2D eigenvalue weighted by Crippen LogP contribution is 2.31. The van der Waals surface area contributed by atoms with E-state index in [9.17, 15) is 21.6 Å². The third-order valence-corrected chi connectivity index (χ3v) is 6.83. The van der Waals surface area contributed by atoms with E-state index in [1.807, 2.05) is 11.0 Å². The summed E-state index contributed by atoms with van der Waals surface area (Å²) in [6.07, 6.45) is -2.96. The van der Waals surface area contributed by atoms with E-state index in [0.29, 0.717) is 36.6 Å². The van der Waals surface area contributed by atoms with Crippen LogP contribution >= 0.6 is 0 Å². The van der Waals surface area contributed by atoms with Gasteiger partial charge in [-0.25, -0.2) is 13.4 Å². The summed E-state index contributed by atoms with van der Waals surface area (Å²) in [5, 5.41) is 11.3. The highest BCUT2D eigenvalue weighted by atomic mass is 32.2. The molecule has 0 atom stereocenters. The van der Waals surface area contributed by atoms with Gasteiger partial charge < -0.3 is 10.2 Å². The molecule has 1 fully saturated rings. The lowest BCUT2D eigenvalue weighted by molar-refractivity contribution is -0.137. The lowest BCUT2D eigenvalue weighted by Gasteiger charge is -2.34. The summed E-state index contributed by atoms with van der Waals surface area (Å²) >= 11 is 0. The van der Waals surface area contributed by atoms with Crippen molar-refractivity contribution in [3.8, 4) is 0 Å². The Morgan fingerprint density at radius 2 is 1.66 bits per heavy atom. The number of pyridine rings is 1. The molecular formula is C20H19F3N6O2S. The van der Waals surface area contributed by atoms with Gasteiger partial charge in [0, 0.05) is 32.4 Å². The van der Waals surface area contributed by atoms with Crippen molar-refractivity contribution in [2.24, 2.45) is 0 Å². The van der Waals surface area contributed by atoms with Crippen molar-refractivity contribution in [1.82, 2.24) is 19.5 Å². The van der Waals surface area contributed by atoms with Crippen molar-refractivity contribution in [3.63, 3.8) is 0 Å². The van der Waals surface area contributed by atoms with Crippen molar-refractivity contribution in [3.05, 3.63) is 66.4 Å². The molecule has 8 nitrogen and oxygen atoms in total. The van der Waals surface area contributed by atoms with Crippen molar-refractivity contribution >= 4 is 27.5 Å². The molecule has 1 aliphatic heterocycles. The summed E-state index contributed by atoms with van der Waals surface area (Å²) in [4.78, 5) is 5.65. The van der Waals surface area contributed by atoms with Gasteiger partial charge in [-0.2, -0.15) is 17.5 Å². The Morgan fingerprint density at radius 1 is 0.875 bits per heavy atom. The second-order valence-electron chi connectivity index (χ2n) is 7.03. The van der Waals surface area contributed by atoms with E-state index in [4.69, 9.17) is 0 Å². The quantitative estimate of drug-likeness (QED) is 0.620. The molecule has 0 saturated carbocycles. The molecule has 0 aliphatic carbocycles. The summed E-state index contributed by atoms with van der Waals surface area (Å²) in [5.74, 6) is 1.72. The zero-order chi connectivity index (χ0) is 22.8. The maximum Gasteiger partial charge on any atom is 0.416 e. The molecule has 0 radical (unpaired) electrons. The molecule has 3 aromatic rings. The minimum Gasteiger partial charge on any atom is -0.352 e. The normalized spacial score (nSPS) is 15.5. The highest BCUT2D eigenvalue weighted by Gasteiger charge is 2.34. The monoisotopic (exact) mass is 464 g/mol. The van der Waals surface area contributed by atoms with Crippen molar-refractivity contribution in [2.75, 3.05) is 36.4 Å². The van der Waals surface area contributed by atoms with Crippen molar-refractivity contribution in [1.29, 1.82) is 0 Å². The molecule has 0 spiro atoms. The standard InChI is InChI=1S/C20H19F3N6O2S/c21-20(22,23)15-4-3-5-16(14-15)32(30,31)29-12-10-28(11-13-29)19-8-7-18(26-27-19)25-17-6-1-2-9-24-17/h1-9,14H,10-13H2,(H,24,25,26). The van der Waals surface area contributed by atoms with Crippen LogP contribution in [-0.4, -0.2) is 54.1 Å². The van der Waals surface area contributed by atoms with Gasteiger partial charge in [0.15, 0.2) is 11.6 Å². The molecule has 1 saturated heterocycles. The lowest BCUT2D eigenvalue weighted by atomic mass is 10.2. The lowest BCUT2D eigenvalue weighted by Crippen LogP contribution is -2.49. The summed E-state index contributed by atoms with van der Waals surface area (Å²) in [6.45, 7) is 0.905. The number of alkyl halides is 3. The topological polar surface area (TPSA) is 91.3 Å². The van der Waals surface area contributed by atoms with E-state index in [0.717, 1.165) is 12.1 Å². The molecule has 1 N–H and O–H groups in total. The Hall–Kier alpha value is -3.25. The summed E-state index contributed by atoms with van der Waals surface area (Å²) < 4.78 is 65.7. The van der Waals surface area contributed by atoms with E-state index < -0.39 is 21.8 Å². The van der Waals surface area contributed by atoms with Gasteiger partial charge in [-0.3, -0.25) is 0 Å². The Labute approximate surface area is 182 Å². The minimum absolute atomic E-state index is 0.119. The van der Waals surface area contributed by atoms with Crippen LogP contribution in [0.2, 0.25) is 0 Å². The largest absolute Gasteiger partial charge is 0.416 e. The Balaban J connectivity index is 1.40. The SMILES string of the molecule is O=S(=O)(c1cccc(C(F)(F)F)c1)N1CCN(c2ccc(Nc3ccccn3)nn2)CC1. The van der Waals surface area contributed by atoms with Crippen LogP contribution in [0.4, 0.5) is 30.6 Å². The van der Waals surface area contributed by atoms with Crippen LogP contribution in [0.25, 0.3) is 0 Å². The van der Waals surface area contributed by atoms with Crippen LogP contribution in [0.5, 0.6) is 0 Å². The van der Waals surface area contributed by atoms with Gasteiger partial charge in [0.1, 0.15) is 5.82 Å². The van der Waals surface area contributed by atoms with Crippen LogP contribution in [0, 0.1) is 0 Å². The molecule has 2 aromatic heterocycles. The first-order chi connectivity index (χ1) is 15.2. The van der Waals surface area contributed by atoms with Gasteiger partial charge in [-0.05, 0) is 42.5 Å². The van der Waals surface area contributed by atoms with E-state index in [1.165, 1.54) is 10.4 Å². The number of aromatic nitrogens is 3. The molecule has 0 unspecified atom stereocenters. The number of nitrogens with zero attached hydrogens (tertiary/aromatic N) is 5. The predicted octanol–water partition coefficient (Wildman–Crippen LogP) is 3.14. The number of hydrogen-bond acceptors (Lipinski definition) is 7. The average Bonchev–Trinajstić information content (AvgIpc) is 2.80. The molecule has 1 aliphatic rings. The van der Waals surface area contributed by atoms with Crippen molar-refractivity contribution < 1.29 is 21.6 Å². The van der Waals surface area contributed by atoms with Gasteiger partial charge in [-0.15, -0.1) is 10.2 Å². The van der Waals surface area contributed by atoms with E-state index in [1.54, 1.807) is 30.5 Å². The molecule has 4 rings (SSSR count). The third kappa shape index (κ3) is 4.81. The number of benzene rings is 1.